The third kappa shape index (κ3) is 5.11. The van der Waals surface area contributed by atoms with E-state index in [1.54, 1.807) is 11.7 Å². The third-order valence-electron chi connectivity index (χ3n) is 14.1. The van der Waals surface area contributed by atoms with Gasteiger partial charge in [0.1, 0.15) is 41.2 Å². The van der Waals surface area contributed by atoms with Crippen LogP contribution in [0.15, 0.2) is 30.5 Å². The molecule has 13 heteroatoms. The highest BCUT2D eigenvalue weighted by atomic mass is 19.1. The molecule has 1 saturated carbocycles. The molecule has 56 heavy (non-hydrogen) atoms. The van der Waals surface area contributed by atoms with Crippen LogP contribution in [0.1, 0.15) is 56.9 Å². The first-order valence-corrected chi connectivity index (χ1v) is 20.0. The van der Waals surface area contributed by atoms with Gasteiger partial charge in [-0.1, -0.05) is 12.0 Å². The molecule has 5 saturated heterocycles. The first-order chi connectivity index (χ1) is 27.1. The fourth-order valence-electron chi connectivity index (χ4n) is 11.6. The molecule has 1 N–H and O–H groups in total. The summed E-state index contributed by atoms with van der Waals surface area (Å²) in [6.07, 6.45) is 14.3. The van der Waals surface area contributed by atoms with Crippen molar-refractivity contribution < 1.29 is 27.8 Å². The molecule has 2 unspecified atom stereocenters. The zero-order chi connectivity index (χ0) is 38.1. The number of rotatable bonds is 6. The molecule has 5 aliphatic heterocycles. The number of piperazine rings is 1. The number of phenols is 1. The molecule has 10 nitrogen and oxygen atoms in total. The SMILES string of the molecule is C#Cc1c(F)ccc2cc(O)cc(-c3c(F)c4nc(OC[C@@]56CCCN5C[C@H](F)C6)nc(N5C6CCC5CN(C5CC7(CCOC7)C5)C6)c4c4cn(C)nc34)c12. The maximum Gasteiger partial charge on any atom is 0.319 e. The van der Waals surface area contributed by atoms with Gasteiger partial charge in [-0.05, 0) is 86.1 Å². The van der Waals surface area contributed by atoms with Crippen LogP contribution in [0, 0.1) is 29.4 Å². The highest BCUT2D eigenvalue weighted by Gasteiger charge is 2.53. The van der Waals surface area contributed by atoms with Gasteiger partial charge in [-0.3, -0.25) is 14.5 Å². The minimum Gasteiger partial charge on any atom is -0.508 e. The first kappa shape index (κ1) is 34.6. The van der Waals surface area contributed by atoms with Gasteiger partial charge in [-0.25, -0.2) is 13.2 Å². The number of anilines is 1. The number of aromatic hydroxyl groups is 1. The molecule has 0 amide bonds. The Morgan fingerprint density at radius 3 is 2.61 bits per heavy atom. The van der Waals surface area contributed by atoms with Crippen molar-refractivity contribution in [3.8, 4) is 35.2 Å². The van der Waals surface area contributed by atoms with E-state index in [-0.39, 0.29) is 52.7 Å². The van der Waals surface area contributed by atoms with Gasteiger partial charge in [0.25, 0.3) is 0 Å². The number of aryl methyl sites for hydroxylation is 1. The topological polar surface area (TPSA) is 92.0 Å². The normalized spacial score (nSPS) is 30.2. The Kier molecular flexibility index (Phi) is 7.68. The summed E-state index contributed by atoms with van der Waals surface area (Å²) in [4.78, 5) is 17.2. The molecule has 5 aromatic rings. The van der Waals surface area contributed by atoms with E-state index < -0.39 is 23.3 Å². The lowest BCUT2D eigenvalue weighted by Gasteiger charge is -2.53. The molecule has 7 heterocycles. The Labute approximate surface area is 322 Å². The van der Waals surface area contributed by atoms with E-state index in [9.17, 15) is 9.50 Å². The summed E-state index contributed by atoms with van der Waals surface area (Å²) in [6, 6.07) is 6.51. The van der Waals surface area contributed by atoms with Crippen LogP contribution in [0.25, 0.3) is 43.7 Å². The number of nitrogens with zero attached hydrogens (tertiary/aromatic N) is 7. The van der Waals surface area contributed by atoms with Crippen molar-refractivity contribution in [1.29, 1.82) is 0 Å². The zero-order valence-corrected chi connectivity index (χ0v) is 31.4. The maximum absolute atomic E-state index is 17.9. The van der Waals surface area contributed by atoms with Crippen molar-refractivity contribution in [2.24, 2.45) is 12.5 Å². The highest BCUT2D eigenvalue weighted by Crippen LogP contribution is 2.52. The largest absolute Gasteiger partial charge is 0.508 e. The van der Waals surface area contributed by atoms with Crippen molar-refractivity contribution in [2.45, 2.75) is 81.2 Å². The summed E-state index contributed by atoms with van der Waals surface area (Å²) in [5.41, 5.74) is 0.448. The number of phenolic OH excluding ortho intramolecular Hbond substituents is 1. The van der Waals surface area contributed by atoms with Crippen LogP contribution < -0.4 is 9.64 Å². The number of hydrogen-bond donors (Lipinski definition) is 1. The molecule has 6 aliphatic rings. The predicted molar refractivity (Wildman–Crippen MR) is 207 cm³/mol. The average molecular weight is 764 g/mol. The second kappa shape index (κ2) is 12.4. The number of hydrogen-bond acceptors (Lipinski definition) is 9. The van der Waals surface area contributed by atoms with Crippen molar-refractivity contribution >= 4 is 38.4 Å². The summed E-state index contributed by atoms with van der Waals surface area (Å²) in [5.74, 6) is 1.60. The lowest BCUT2D eigenvalue weighted by molar-refractivity contribution is -0.0148. The number of alkyl halides is 1. The molecule has 4 atom stereocenters. The quantitative estimate of drug-likeness (QED) is 0.195. The lowest BCUT2D eigenvalue weighted by Crippen LogP contribution is -2.61. The molecular weight excluding hydrogens is 720 g/mol. The number of aromatic nitrogens is 4. The van der Waals surface area contributed by atoms with E-state index >= 15 is 8.78 Å². The zero-order valence-electron chi connectivity index (χ0n) is 31.4. The van der Waals surface area contributed by atoms with Gasteiger partial charge in [0.05, 0.1) is 23.1 Å². The molecule has 0 radical (unpaired) electrons. The Balaban J connectivity index is 1.08. The standard InChI is InChI=1S/C43H44F3N7O3/c1-3-30-33(45)8-5-24-13-29(54)14-31(34(24)30)35-37(46)39-36(32-21-50(2)49-38(32)35)40(48-41(47-39)56-23-43-9-4-11-52(43)18-25(44)15-43)53-26-6-7-27(53)20-51(19-26)28-16-42(17-28)10-12-55-22-42/h1,5,8,13-14,21,25-28,54H,4,6-7,9-12,15-20,22-23H2,2H3/t25-,26?,27?,28?,42?,43+/m1/s1. The Hall–Kier alpha value is -4.64. The second-order valence-electron chi connectivity index (χ2n) is 17.4. The van der Waals surface area contributed by atoms with E-state index in [1.165, 1.54) is 37.1 Å². The molecule has 2 aromatic heterocycles. The van der Waals surface area contributed by atoms with Crippen LogP contribution in [0.4, 0.5) is 19.0 Å². The smallest absolute Gasteiger partial charge is 0.319 e. The predicted octanol–water partition coefficient (Wildman–Crippen LogP) is 6.48. The Bertz CT molecular complexity index is 2470. The number of benzene rings is 3. The number of terminal acetylenes is 1. The van der Waals surface area contributed by atoms with Crippen LogP contribution in [0.3, 0.4) is 0 Å². The monoisotopic (exact) mass is 763 g/mol. The fourth-order valence-corrected chi connectivity index (χ4v) is 11.6. The highest BCUT2D eigenvalue weighted by molar-refractivity contribution is 6.18. The van der Waals surface area contributed by atoms with Gasteiger partial charge in [-0.15, -0.1) is 6.42 Å². The molecular formula is C43H44F3N7O3. The third-order valence-corrected chi connectivity index (χ3v) is 14.1. The van der Waals surface area contributed by atoms with E-state index in [1.807, 2.05) is 6.20 Å². The first-order valence-electron chi connectivity index (χ1n) is 20.0. The summed E-state index contributed by atoms with van der Waals surface area (Å²) < 4.78 is 61.9. The number of likely N-dealkylation sites (tertiary alicyclic amines) is 1. The van der Waals surface area contributed by atoms with Crippen LogP contribution in [0.5, 0.6) is 11.8 Å². The Morgan fingerprint density at radius 2 is 1.84 bits per heavy atom. The second-order valence-corrected chi connectivity index (χ2v) is 17.4. The van der Waals surface area contributed by atoms with Crippen LogP contribution in [-0.4, -0.2) is 110 Å². The van der Waals surface area contributed by atoms with Crippen molar-refractivity contribution in [1.82, 2.24) is 29.5 Å². The van der Waals surface area contributed by atoms with E-state index in [4.69, 9.17) is 31.0 Å². The molecule has 1 aliphatic carbocycles. The van der Waals surface area contributed by atoms with Gasteiger partial charge in [0, 0.05) is 80.4 Å². The molecule has 290 valence electrons. The summed E-state index contributed by atoms with van der Waals surface area (Å²) >= 11 is 0. The van der Waals surface area contributed by atoms with E-state index in [2.05, 4.69) is 20.6 Å². The minimum absolute atomic E-state index is 0.0317. The van der Waals surface area contributed by atoms with Crippen LogP contribution >= 0.6 is 0 Å². The molecule has 3 aromatic carbocycles. The number of halogens is 3. The van der Waals surface area contributed by atoms with Gasteiger partial charge < -0.3 is 19.5 Å². The van der Waals surface area contributed by atoms with Crippen molar-refractivity contribution in [3.05, 3.63) is 47.7 Å². The van der Waals surface area contributed by atoms with E-state index in [0.29, 0.717) is 57.3 Å². The summed E-state index contributed by atoms with van der Waals surface area (Å²) in [5, 5.41) is 17.6. The van der Waals surface area contributed by atoms with Crippen molar-refractivity contribution in [2.75, 3.05) is 50.9 Å². The molecule has 11 rings (SSSR count). The summed E-state index contributed by atoms with van der Waals surface area (Å²) in [6.45, 7) is 4.86. The number of fused-ring (bicyclic) bond motifs is 7. The van der Waals surface area contributed by atoms with Gasteiger partial charge >= 0.3 is 6.01 Å². The molecule has 6 fully saturated rings. The van der Waals surface area contributed by atoms with Gasteiger partial charge in [0.15, 0.2) is 5.82 Å². The lowest BCUT2D eigenvalue weighted by atomic mass is 9.64. The van der Waals surface area contributed by atoms with Crippen LogP contribution in [0.2, 0.25) is 0 Å². The molecule has 1 spiro atoms. The Morgan fingerprint density at radius 1 is 1.02 bits per heavy atom. The fraction of sp³-hybridized carbons (Fsp3) is 0.512. The molecule has 2 bridgehead atoms. The van der Waals surface area contributed by atoms with Crippen molar-refractivity contribution in [3.63, 3.8) is 0 Å². The van der Waals surface area contributed by atoms with E-state index in [0.717, 1.165) is 65.0 Å². The van der Waals surface area contributed by atoms with Gasteiger partial charge in [0.2, 0.25) is 0 Å². The van der Waals surface area contributed by atoms with Gasteiger partial charge in [-0.2, -0.15) is 15.1 Å². The number of ether oxygens (including phenoxy) is 2. The van der Waals surface area contributed by atoms with Crippen LogP contribution in [-0.2, 0) is 11.8 Å². The maximum atomic E-state index is 17.9. The average Bonchev–Trinajstić information content (AvgIpc) is 3.98. The summed E-state index contributed by atoms with van der Waals surface area (Å²) in [7, 11) is 1.77. The minimum atomic E-state index is -0.931.